The molecule has 84 valence electrons. The van der Waals surface area contributed by atoms with Gasteiger partial charge in [-0.3, -0.25) is 0 Å². The van der Waals surface area contributed by atoms with E-state index in [2.05, 4.69) is 6.07 Å². The molecule has 1 aromatic carbocycles. The minimum absolute atomic E-state index is 0.135. The highest BCUT2D eigenvalue weighted by molar-refractivity contribution is 6.33. The molecule has 1 aliphatic carbocycles. The third-order valence-corrected chi connectivity index (χ3v) is 4.07. The lowest BCUT2D eigenvalue weighted by atomic mass is 9.64. The second-order valence-electron chi connectivity index (χ2n) is 4.58. The normalized spacial score (nSPS) is 17.6. The molecule has 0 radical (unpaired) electrons. The van der Waals surface area contributed by atoms with Crippen LogP contribution in [-0.2, 0) is 5.41 Å². The minimum Gasteiger partial charge on any atom is -0.506 e. The number of aromatic hydroxyl groups is 1. The second-order valence-corrected chi connectivity index (χ2v) is 4.95. The van der Waals surface area contributed by atoms with Gasteiger partial charge >= 0.3 is 0 Å². The van der Waals surface area contributed by atoms with Gasteiger partial charge in [-0.15, -0.1) is 0 Å². The number of hydrogen-bond donors (Lipinski definition) is 1. The predicted octanol–water partition coefficient (Wildman–Crippen LogP) is 3.61. The van der Waals surface area contributed by atoms with Crippen LogP contribution in [0.5, 0.6) is 5.75 Å². The Kier molecular flexibility index (Phi) is 2.59. The Morgan fingerprint density at radius 2 is 2.06 bits per heavy atom. The van der Waals surface area contributed by atoms with Crippen molar-refractivity contribution in [3.63, 3.8) is 0 Å². The molecule has 1 aliphatic rings. The number of aryl methyl sites for hydroxylation is 1. The maximum Gasteiger partial charge on any atom is 0.137 e. The fourth-order valence-corrected chi connectivity index (χ4v) is 2.58. The van der Waals surface area contributed by atoms with Gasteiger partial charge in [-0.1, -0.05) is 17.7 Å². The zero-order valence-electron chi connectivity index (χ0n) is 9.47. The fourth-order valence-electron chi connectivity index (χ4n) is 2.33. The molecule has 2 rings (SSSR count). The van der Waals surface area contributed by atoms with Crippen molar-refractivity contribution >= 4 is 11.6 Å². The zero-order chi connectivity index (χ0) is 11.9. The highest BCUT2D eigenvalue weighted by atomic mass is 35.5. The van der Waals surface area contributed by atoms with Crippen LogP contribution < -0.4 is 0 Å². The molecule has 1 fully saturated rings. The molecule has 0 heterocycles. The van der Waals surface area contributed by atoms with Gasteiger partial charge in [0.15, 0.2) is 0 Å². The number of rotatable bonds is 1. The molecule has 0 unspecified atom stereocenters. The average Bonchev–Trinajstić information content (AvgIpc) is 2.21. The van der Waals surface area contributed by atoms with E-state index < -0.39 is 0 Å². The van der Waals surface area contributed by atoms with E-state index in [-0.39, 0.29) is 11.2 Å². The molecular weight excluding hydrogens is 222 g/mol. The van der Waals surface area contributed by atoms with E-state index >= 15 is 0 Å². The monoisotopic (exact) mass is 235 g/mol. The average molecular weight is 236 g/mol. The number of nitrogens with zero attached hydrogens (tertiary/aromatic N) is 1. The Morgan fingerprint density at radius 1 is 1.44 bits per heavy atom. The molecule has 0 saturated heterocycles. The zero-order valence-corrected chi connectivity index (χ0v) is 10.2. The van der Waals surface area contributed by atoms with Crippen LogP contribution in [0.3, 0.4) is 0 Å². The van der Waals surface area contributed by atoms with Crippen LogP contribution in [0.1, 0.15) is 36.0 Å². The molecule has 16 heavy (non-hydrogen) atoms. The van der Waals surface area contributed by atoms with Crippen LogP contribution in [-0.4, -0.2) is 5.11 Å². The lowest BCUT2D eigenvalue weighted by Crippen LogP contribution is -2.33. The Labute approximate surface area is 100 Å². The molecule has 3 heteroatoms. The maximum atomic E-state index is 9.73. The number of halogens is 1. The summed E-state index contributed by atoms with van der Waals surface area (Å²) in [5.41, 5.74) is 2.20. The van der Waals surface area contributed by atoms with Crippen LogP contribution in [0.4, 0.5) is 0 Å². The Bertz CT molecular complexity index is 484. The maximum absolute atomic E-state index is 9.73. The van der Waals surface area contributed by atoms with Gasteiger partial charge in [-0.05, 0) is 49.8 Å². The first-order valence-corrected chi connectivity index (χ1v) is 5.80. The highest BCUT2D eigenvalue weighted by Gasteiger charge is 2.40. The molecule has 1 N–H and O–H groups in total. The Morgan fingerprint density at radius 3 is 2.50 bits per heavy atom. The first-order chi connectivity index (χ1) is 7.52. The van der Waals surface area contributed by atoms with E-state index in [1.165, 1.54) is 0 Å². The summed E-state index contributed by atoms with van der Waals surface area (Å²) in [5, 5.41) is 19.4. The molecule has 0 aliphatic heterocycles. The van der Waals surface area contributed by atoms with Gasteiger partial charge < -0.3 is 5.11 Å². The van der Waals surface area contributed by atoms with Crippen molar-refractivity contribution in [2.45, 2.75) is 38.5 Å². The van der Waals surface area contributed by atoms with Crippen LogP contribution in [0.2, 0.25) is 5.02 Å². The van der Waals surface area contributed by atoms with E-state index in [1.54, 1.807) is 0 Å². The lowest BCUT2D eigenvalue weighted by molar-refractivity contribution is 0.322. The van der Waals surface area contributed by atoms with Crippen molar-refractivity contribution in [3.05, 3.63) is 27.8 Å². The first kappa shape index (κ1) is 11.3. The van der Waals surface area contributed by atoms with Crippen molar-refractivity contribution in [3.8, 4) is 11.8 Å². The molecular formula is C13H14ClNO. The van der Waals surface area contributed by atoms with Gasteiger partial charge in [0.1, 0.15) is 5.75 Å². The summed E-state index contributed by atoms with van der Waals surface area (Å²) in [7, 11) is 0. The van der Waals surface area contributed by atoms with Crippen molar-refractivity contribution in [1.29, 1.82) is 5.26 Å². The van der Waals surface area contributed by atoms with Gasteiger partial charge in [0, 0.05) is 0 Å². The largest absolute Gasteiger partial charge is 0.506 e. The van der Waals surface area contributed by atoms with Gasteiger partial charge in [-0.25, -0.2) is 0 Å². The van der Waals surface area contributed by atoms with Gasteiger partial charge in [0.2, 0.25) is 0 Å². The van der Waals surface area contributed by atoms with Crippen molar-refractivity contribution in [2.24, 2.45) is 0 Å². The van der Waals surface area contributed by atoms with E-state index in [4.69, 9.17) is 11.6 Å². The predicted molar refractivity (Wildman–Crippen MR) is 63.7 cm³/mol. The highest BCUT2D eigenvalue weighted by Crippen LogP contribution is 2.47. The summed E-state index contributed by atoms with van der Waals surface area (Å²) in [4.78, 5) is 0. The van der Waals surface area contributed by atoms with Crippen LogP contribution in [0.25, 0.3) is 0 Å². The van der Waals surface area contributed by atoms with Crippen LogP contribution in [0.15, 0.2) is 6.07 Å². The minimum atomic E-state index is -0.369. The van der Waals surface area contributed by atoms with Crippen molar-refractivity contribution in [2.75, 3.05) is 0 Å². The molecule has 1 aromatic rings. The summed E-state index contributed by atoms with van der Waals surface area (Å²) in [6.07, 6.45) is 2.88. The number of phenols is 1. The van der Waals surface area contributed by atoms with Gasteiger partial charge in [-0.2, -0.15) is 5.26 Å². The topological polar surface area (TPSA) is 44.0 Å². The molecule has 0 amide bonds. The summed E-state index contributed by atoms with van der Waals surface area (Å²) in [6.45, 7) is 3.68. The Hall–Kier alpha value is -1.20. The van der Waals surface area contributed by atoms with E-state index in [0.717, 1.165) is 36.0 Å². The number of benzene rings is 1. The van der Waals surface area contributed by atoms with Gasteiger partial charge in [0.25, 0.3) is 0 Å². The van der Waals surface area contributed by atoms with Crippen molar-refractivity contribution in [1.82, 2.24) is 0 Å². The van der Waals surface area contributed by atoms with E-state index in [1.807, 2.05) is 19.9 Å². The Balaban J connectivity index is 2.63. The van der Waals surface area contributed by atoms with Gasteiger partial charge in [0.05, 0.1) is 16.5 Å². The molecule has 0 atom stereocenters. The number of phenolic OH excluding ortho intramolecular Hbond substituents is 1. The standard InChI is InChI=1S/C13H14ClNO/c1-8-6-10(9(2)11(14)12(8)16)13(7-15)4-3-5-13/h6,16H,3-5H2,1-2H3. The fraction of sp³-hybridized carbons (Fsp3) is 0.462. The summed E-state index contributed by atoms with van der Waals surface area (Å²) in [6, 6.07) is 4.31. The molecule has 1 saturated carbocycles. The third kappa shape index (κ3) is 1.39. The molecule has 0 bridgehead atoms. The smallest absolute Gasteiger partial charge is 0.137 e. The van der Waals surface area contributed by atoms with E-state index in [9.17, 15) is 10.4 Å². The quantitative estimate of drug-likeness (QED) is 0.808. The van der Waals surface area contributed by atoms with E-state index in [0.29, 0.717) is 5.02 Å². The second kappa shape index (κ2) is 3.68. The first-order valence-electron chi connectivity index (χ1n) is 5.42. The van der Waals surface area contributed by atoms with Crippen LogP contribution in [0, 0.1) is 25.2 Å². The summed E-state index contributed by atoms with van der Waals surface area (Å²) >= 11 is 6.07. The molecule has 0 aromatic heterocycles. The third-order valence-electron chi connectivity index (χ3n) is 3.61. The molecule has 0 spiro atoms. The molecule has 2 nitrogen and oxygen atoms in total. The van der Waals surface area contributed by atoms with Crippen molar-refractivity contribution < 1.29 is 5.11 Å². The number of hydrogen-bond acceptors (Lipinski definition) is 2. The summed E-state index contributed by atoms with van der Waals surface area (Å²) < 4.78 is 0. The number of nitriles is 1. The lowest BCUT2D eigenvalue weighted by Gasteiger charge is -2.37. The summed E-state index contributed by atoms with van der Waals surface area (Å²) in [5.74, 6) is 0.135. The SMILES string of the molecule is Cc1cc(C2(C#N)CCC2)c(C)c(Cl)c1O. The van der Waals surface area contributed by atoms with Crippen LogP contribution >= 0.6 is 11.6 Å².